The summed E-state index contributed by atoms with van der Waals surface area (Å²) in [5, 5.41) is 11.6. The molecule has 1 aromatic carbocycles. The molecule has 152 valence electrons. The van der Waals surface area contributed by atoms with Crippen LogP contribution >= 0.6 is 43.2 Å². The number of hydrogen-bond acceptors (Lipinski definition) is 4. The van der Waals surface area contributed by atoms with Crippen LogP contribution in [0, 0.1) is 0 Å². The number of nitrogens with one attached hydrogen (secondary N) is 2. The van der Waals surface area contributed by atoms with E-state index in [4.69, 9.17) is 0 Å². The fraction of sp³-hybridized carbons (Fsp3) is 0.222. The van der Waals surface area contributed by atoms with Crippen molar-refractivity contribution in [2.45, 2.75) is 24.7 Å². The molecular formula is C18H13Br2F3N4OS. The van der Waals surface area contributed by atoms with E-state index in [1.54, 1.807) is 36.4 Å². The van der Waals surface area contributed by atoms with Crippen LogP contribution in [0.15, 0.2) is 50.7 Å². The molecule has 0 saturated heterocycles. The SMILES string of the molecule is O=C(Nc1ccc(Br)cc1)c1nn2c(c1Br)N[C@H](c1cccs1)C[C@H]2C(F)(F)F. The topological polar surface area (TPSA) is 59.0 Å². The highest BCUT2D eigenvalue weighted by Crippen LogP contribution is 2.46. The third-order valence-corrected chi connectivity index (χ3v) is 6.77. The van der Waals surface area contributed by atoms with Crippen molar-refractivity contribution in [3.63, 3.8) is 0 Å². The summed E-state index contributed by atoms with van der Waals surface area (Å²) in [6, 6.07) is 8.07. The third kappa shape index (κ3) is 4.08. The fourth-order valence-electron chi connectivity index (χ4n) is 3.13. The van der Waals surface area contributed by atoms with Gasteiger partial charge in [0.2, 0.25) is 0 Å². The van der Waals surface area contributed by atoms with Gasteiger partial charge in [0.05, 0.1) is 10.5 Å². The van der Waals surface area contributed by atoms with Crippen molar-refractivity contribution in [3.8, 4) is 0 Å². The predicted molar refractivity (Wildman–Crippen MR) is 112 cm³/mol. The standard InChI is InChI=1S/C18H13Br2F3N4OS/c19-9-3-5-10(6-4-9)24-17(28)15-14(20)16-25-11(12-2-1-7-29-12)8-13(18(21,22)23)27(16)26-15/h1-7,11,13,25H,8H2,(H,24,28)/t11-,13-/m0/s1. The molecule has 0 aliphatic carbocycles. The van der Waals surface area contributed by atoms with E-state index in [0.29, 0.717) is 5.69 Å². The van der Waals surface area contributed by atoms with E-state index in [0.717, 1.165) is 14.0 Å². The van der Waals surface area contributed by atoms with Gasteiger partial charge in [0.15, 0.2) is 11.7 Å². The molecule has 0 spiro atoms. The maximum absolute atomic E-state index is 13.8. The number of carbonyl (C=O) groups excluding carboxylic acids is 1. The molecule has 2 N–H and O–H groups in total. The quantitative estimate of drug-likeness (QED) is 0.398. The molecule has 1 aliphatic heterocycles. The highest BCUT2D eigenvalue weighted by molar-refractivity contribution is 9.11. The van der Waals surface area contributed by atoms with E-state index in [9.17, 15) is 18.0 Å². The highest BCUT2D eigenvalue weighted by Gasteiger charge is 2.48. The first-order valence-corrected chi connectivity index (χ1v) is 10.9. The second-order valence-corrected chi connectivity index (χ2v) is 9.11. The number of nitrogens with zero attached hydrogens (tertiary/aromatic N) is 2. The number of hydrogen-bond donors (Lipinski definition) is 2. The molecule has 0 bridgehead atoms. The summed E-state index contributed by atoms with van der Waals surface area (Å²) in [7, 11) is 0. The molecule has 2 atom stereocenters. The zero-order valence-corrected chi connectivity index (χ0v) is 18.5. The van der Waals surface area contributed by atoms with Crippen molar-refractivity contribution in [2.24, 2.45) is 0 Å². The maximum Gasteiger partial charge on any atom is 0.410 e. The van der Waals surface area contributed by atoms with Gasteiger partial charge in [0.25, 0.3) is 5.91 Å². The average Bonchev–Trinajstić information content (AvgIpc) is 3.31. The minimum Gasteiger partial charge on any atom is -0.362 e. The number of alkyl halides is 3. The van der Waals surface area contributed by atoms with Crippen molar-refractivity contribution in [1.29, 1.82) is 0 Å². The predicted octanol–water partition coefficient (Wildman–Crippen LogP) is 6.38. The van der Waals surface area contributed by atoms with Crippen molar-refractivity contribution in [2.75, 3.05) is 10.6 Å². The number of thiophene rings is 1. The number of rotatable bonds is 3. The monoisotopic (exact) mass is 548 g/mol. The number of aromatic nitrogens is 2. The van der Waals surface area contributed by atoms with Crippen molar-refractivity contribution >= 4 is 60.6 Å². The molecule has 0 saturated carbocycles. The van der Waals surface area contributed by atoms with Gasteiger partial charge in [-0.05, 0) is 51.6 Å². The van der Waals surface area contributed by atoms with Crippen LogP contribution in [-0.2, 0) is 0 Å². The van der Waals surface area contributed by atoms with Gasteiger partial charge < -0.3 is 10.6 Å². The zero-order valence-electron chi connectivity index (χ0n) is 14.5. The van der Waals surface area contributed by atoms with Gasteiger partial charge >= 0.3 is 6.18 Å². The number of amides is 1. The Hall–Kier alpha value is -1.85. The lowest BCUT2D eigenvalue weighted by Gasteiger charge is -2.33. The van der Waals surface area contributed by atoms with Gasteiger partial charge in [0.1, 0.15) is 5.82 Å². The molecule has 29 heavy (non-hydrogen) atoms. The van der Waals surface area contributed by atoms with Gasteiger partial charge in [0, 0.05) is 21.5 Å². The summed E-state index contributed by atoms with van der Waals surface area (Å²) in [6.07, 6.45) is -4.71. The Morgan fingerprint density at radius 1 is 1.24 bits per heavy atom. The summed E-state index contributed by atoms with van der Waals surface area (Å²) in [5.74, 6) is -0.463. The molecule has 3 aromatic rings. The summed E-state index contributed by atoms with van der Waals surface area (Å²) in [4.78, 5) is 13.5. The number of carbonyl (C=O) groups is 1. The minimum absolute atomic E-state index is 0.114. The van der Waals surface area contributed by atoms with E-state index < -0.39 is 24.2 Å². The Labute approximate surface area is 184 Å². The van der Waals surface area contributed by atoms with Crippen LogP contribution < -0.4 is 10.6 Å². The highest BCUT2D eigenvalue weighted by atomic mass is 79.9. The molecular weight excluding hydrogens is 537 g/mol. The Bertz CT molecular complexity index is 1030. The molecule has 11 heteroatoms. The van der Waals surface area contributed by atoms with Crippen LogP contribution in [0.2, 0.25) is 0 Å². The van der Waals surface area contributed by atoms with Crippen LogP contribution in [0.3, 0.4) is 0 Å². The molecule has 0 unspecified atom stereocenters. The lowest BCUT2D eigenvalue weighted by molar-refractivity contribution is -0.173. The molecule has 5 nitrogen and oxygen atoms in total. The minimum atomic E-state index is -4.50. The van der Waals surface area contributed by atoms with Gasteiger partial charge in [-0.3, -0.25) is 4.79 Å². The lowest BCUT2D eigenvalue weighted by atomic mass is 10.0. The summed E-state index contributed by atoms with van der Waals surface area (Å²) >= 11 is 7.95. The Morgan fingerprint density at radius 3 is 2.59 bits per heavy atom. The third-order valence-electron chi connectivity index (χ3n) is 4.50. The normalized spacial score (nSPS) is 18.8. The fourth-order valence-corrected chi connectivity index (χ4v) is 4.74. The van der Waals surface area contributed by atoms with Gasteiger partial charge in [-0.1, -0.05) is 22.0 Å². The number of benzene rings is 1. The summed E-state index contributed by atoms with van der Waals surface area (Å²) in [5.41, 5.74) is 0.393. The number of fused-ring (bicyclic) bond motifs is 1. The van der Waals surface area contributed by atoms with Crippen LogP contribution in [0.1, 0.15) is 33.9 Å². The first kappa shape index (κ1) is 20.4. The van der Waals surface area contributed by atoms with Gasteiger partial charge in [-0.25, -0.2) is 4.68 Å². The first-order chi connectivity index (χ1) is 13.7. The largest absolute Gasteiger partial charge is 0.410 e. The lowest BCUT2D eigenvalue weighted by Crippen LogP contribution is -2.35. The molecule has 1 aliphatic rings. The molecule has 2 aromatic heterocycles. The van der Waals surface area contributed by atoms with Crippen LogP contribution in [0.5, 0.6) is 0 Å². The van der Waals surface area contributed by atoms with E-state index in [1.807, 2.05) is 5.38 Å². The number of anilines is 2. The Balaban J connectivity index is 1.69. The smallest absolute Gasteiger partial charge is 0.362 e. The van der Waals surface area contributed by atoms with Gasteiger partial charge in [-0.15, -0.1) is 11.3 Å². The second kappa shape index (κ2) is 7.77. The van der Waals surface area contributed by atoms with Crippen molar-refractivity contribution in [1.82, 2.24) is 9.78 Å². The second-order valence-electron chi connectivity index (χ2n) is 6.42. The molecule has 0 radical (unpaired) electrons. The Kier molecular flexibility index (Phi) is 5.47. The van der Waals surface area contributed by atoms with Crippen molar-refractivity contribution in [3.05, 3.63) is 61.3 Å². The van der Waals surface area contributed by atoms with E-state index in [1.165, 1.54) is 11.3 Å². The summed E-state index contributed by atoms with van der Waals surface area (Å²) < 4.78 is 43.2. The molecule has 1 amide bonds. The Morgan fingerprint density at radius 2 is 1.97 bits per heavy atom. The average molecular weight is 550 g/mol. The van der Waals surface area contributed by atoms with Crippen LogP contribution in [0.4, 0.5) is 24.7 Å². The first-order valence-electron chi connectivity index (χ1n) is 8.45. The molecule has 4 rings (SSSR count). The van der Waals surface area contributed by atoms with Gasteiger partial charge in [-0.2, -0.15) is 18.3 Å². The van der Waals surface area contributed by atoms with Crippen LogP contribution in [-0.4, -0.2) is 21.9 Å². The number of halogens is 5. The van der Waals surface area contributed by atoms with Crippen LogP contribution in [0.25, 0.3) is 0 Å². The zero-order chi connectivity index (χ0) is 20.8. The van der Waals surface area contributed by atoms with E-state index in [-0.39, 0.29) is 22.4 Å². The summed E-state index contributed by atoms with van der Waals surface area (Å²) in [6.45, 7) is 0. The maximum atomic E-state index is 13.8. The van der Waals surface area contributed by atoms with E-state index in [2.05, 4.69) is 47.6 Å². The molecule has 3 heterocycles. The molecule has 0 fully saturated rings. The van der Waals surface area contributed by atoms with Crippen molar-refractivity contribution < 1.29 is 18.0 Å². The van der Waals surface area contributed by atoms with E-state index >= 15 is 0 Å².